The first-order valence-corrected chi connectivity index (χ1v) is 7.99. The van der Waals surface area contributed by atoms with Crippen LogP contribution in [0.15, 0.2) is 0 Å². The molecule has 2 heterocycles. The fourth-order valence-corrected chi connectivity index (χ4v) is 3.32. The number of likely N-dealkylation sites (tertiary alicyclic amines) is 2. The van der Waals surface area contributed by atoms with Crippen LogP contribution in [0, 0.1) is 5.92 Å². The second-order valence-electron chi connectivity index (χ2n) is 5.79. The Morgan fingerprint density at radius 3 is 2.67 bits per heavy atom. The number of hydrogen-bond donors (Lipinski definition) is 0. The van der Waals surface area contributed by atoms with Crippen LogP contribution in [0.4, 0.5) is 4.79 Å². The first-order valence-electron chi connectivity index (χ1n) is 7.99. The van der Waals surface area contributed by atoms with E-state index in [0.29, 0.717) is 32.1 Å². The molecule has 0 aromatic rings. The van der Waals surface area contributed by atoms with E-state index in [0.717, 1.165) is 25.9 Å². The van der Waals surface area contributed by atoms with E-state index in [2.05, 4.69) is 4.90 Å². The van der Waals surface area contributed by atoms with Gasteiger partial charge in [-0.05, 0) is 38.5 Å². The smallest absolute Gasteiger partial charge is 0.411 e. The van der Waals surface area contributed by atoms with E-state index < -0.39 is 0 Å². The van der Waals surface area contributed by atoms with Gasteiger partial charge in [-0.15, -0.1) is 0 Å². The lowest BCUT2D eigenvalue weighted by Gasteiger charge is -2.45. The summed E-state index contributed by atoms with van der Waals surface area (Å²) in [5.74, 6) is 0.327. The maximum absolute atomic E-state index is 12.2. The SMILES string of the molecule is CCOC(=O)N1CCC(COC=O)CC1N1CCCCC1. The Morgan fingerprint density at radius 1 is 1.24 bits per heavy atom. The Hall–Kier alpha value is -1.30. The predicted molar refractivity (Wildman–Crippen MR) is 77.7 cm³/mol. The first kappa shape index (κ1) is 16.1. The number of nitrogens with zero attached hydrogens (tertiary/aromatic N) is 2. The van der Waals surface area contributed by atoms with Crippen LogP contribution < -0.4 is 0 Å². The molecular formula is C15H26N2O4. The molecule has 0 bridgehead atoms. The molecule has 1 amide bonds. The molecule has 0 saturated carbocycles. The minimum Gasteiger partial charge on any atom is -0.468 e. The highest BCUT2D eigenvalue weighted by Gasteiger charge is 2.36. The van der Waals surface area contributed by atoms with Gasteiger partial charge in [0.05, 0.1) is 19.4 Å². The highest BCUT2D eigenvalue weighted by molar-refractivity contribution is 5.68. The van der Waals surface area contributed by atoms with E-state index in [1.54, 1.807) is 0 Å². The molecule has 2 unspecified atom stereocenters. The quantitative estimate of drug-likeness (QED) is 0.725. The molecule has 2 saturated heterocycles. The van der Waals surface area contributed by atoms with Crippen LogP contribution in [-0.2, 0) is 14.3 Å². The van der Waals surface area contributed by atoms with Crippen LogP contribution in [0.3, 0.4) is 0 Å². The number of piperidine rings is 2. The summed E-state index contributed by atoms with van der Waals surface area (Å²) in [6.45, 7) is 5.92. The van der Waals surface area contributed by atoms with Gasteiger partial charge in [0, 0.05) is 19.6 Å². The fraction of sp³-hybridized carbons (Fsp3) is 0.867. The zero-order valence-electron chi connectivity index (χ0n) is 12.8. The number of carbonyl (C=O) groups excluding carboxylic acids is 2. The molecule has 2 rings (SSSR count). The van der Waals surface area contributed by atoms with Crippen LogP contribution in [0.2, 0.25) is 0 Å². The molecule has 0 radical (unpaired) electrons. The molecule has 2 aliphatic heterocycles. The molecule has 6 nitrogen and oxygen atoms in total. The van der Waals surface area contributed by atoms with E-state index in [9.17, 15) is 9.59 Å². The van der Waals surface area contributed by atoms with E-state index in [-0.39, 0.29) is 12.3 Å². The Morgan fingerprint density at radius 2 is 2.00 bits per heavy atom. The second kappa shape index (κ2) is 8.22. The molecule has 21 heavy (non-hydrogen) atoms. The Balaban J connectivity index is 2.01. The van der Waals surface area contributed by atoms with Crippen molar-refractivity contribution in [1.29, 1.82) is 0 Å². The molecule has 6 heteroatoms. The third-order valence-electron chi connectivity index (χ3n) is 4.40. The van der Waals surface area contributed by atoms with Gasteiger partial charge in [-0.1, -0.05) is 6.42 Å². The minimum atomic E-state index is -0.220. The van der Waals surface area contributed by atoms with Crippen LogP contribution in [0.25, 0.3) is 0 Å². The van der Waals surface area contributed by atoms with Gasteiger partial charge >= 0.3 is 6.09 Å². The zero-order valence-corrected chi connectivity index (χ0v) is 12.8. The zero-order chi connectivity index (χ0) is 15.1. The summed E-state index contributed by atoms with van der Waals surface area (Å²) in [4.78, 5) is 26.8. The van der Waals surface area contributed by atoms with E-state index in [4.69, 9.17) is 9.47 Å². The molecule has 120 valence electrons. The molecule has 0 N–H and O–H groups in total. The normalized spacial score (nSPS) is 27.2. The van der Waals surface area contributed by atoms with E-state index in [1.165, 1.54) is 19.3 Å². The van der Waals surface area contributed by atoms with Gasteiger partial charge in [-0.25, -0.2) is 4.79 Å². The largest absolute Gasteiger partial charge is 0.468 e. The van der Waals surface area contributed by atoms with Gasteiger partial charge in [0.2, 0.25) is 0 Å². The van der Waals surface area contributed by atoms with Crippen molar-refractivity contribution in [3.8, 4) is 0 Å². The van der Waals surface area contributed by atoms with Crippen LogP contribution in [0.5, 0.6) is 0 Å². The summed E-state index contributed by atoms with van der Waals surface area (Å²) in [7, 11) is 0. The van der Waals surface area contributed by atoms with Crippen molar-refractivity contribution in [2.24, 2.45) is 5.92 Å². The average molecular weight is 298 g/mol. The monoisotopic (exact) mass is 298 g/mol. The van der Waals surface area contributed by atoms with Crippen LogP contribution in [0.1, 0.15) is 39.0 Å². The second-order valence-corrected chi connectivity index (χ2v) is 5.79. The van der Waals surface area contributed by atoms with Gasteiger partial charge in [0.1, 0.15) is 0 Å². The summed E-state index contributed by atoms with van der Waals surface area (Å²) < 4.78 is 10.1. The fourth-order valence-electron chi connectivity index (χ4n) is 3.32. The van der Waals surface area contributed by atoms with Gasteiger partial charge in [0.15, 0.2) is 0 Å². The van der Waals surface area contributed by atoms with Crippen LogP contribution in [-0.4, -0.2) is 61.4 Å². The Bertz CT molecular complexity index is 345. The van der Waals surface area contributed by atoms with Crippen molar-refractivity contribution in [2.45, 2.75) is 45.2 Å². The number of hydrogen-bond acceptors (Lipinski definition) is 5. The average Bonchev–Trinajstić information content (AvgIpc) is 2.53. The molecule has 2 atom stereocenters. The van der Waals surface area contributed by atoms with Crippen molar-refractivity contribution in [2.75, 3.05) is 32.8 Å². The Kier molecular flexibility index (Phi) is 6.29. The highest BCUT2D eigenvalue weighted by Crippen LogP contribution is 2.28. The predicted octanol–water partition coefficient (Wildman–Crippen LogP) is 1.84. The summed E-state index contributed by atoms with van der Waals surface area (Å²) >= 11 is 0. The van der Waals surface area contributed by atoms with Gasteiger partial charge in [-0.2, -0.15) is 0 Å². The third-order valence-corrected chi connectivity index (χ3v) is 4.40. The van der Waals surface area contributed by atoms with Crippen LogP contribution >= 0.6 is 0 Å². The number of ether oxygens (including phenoxy) is 2. The first-order chi connectivity index (χ1) is 10.3. The van der Waals surface area contributed by atoms with Crippen molar-refractivity contribution in [1.82, 2.24) is 9.80 Å². The summed E-state index contributed by atoms with van der Waals surface area (Å²) in [5, 5.41) is 0. The lowest BCUT2D eigenvalue weighted by Crippen LogP contribution is -2.56. The van der Waals surface area contributed by atoms with Crippen molar-refractivity contribution < 1.29 is 19.1 Å². The number of amides is 1. The summed E-state index contributed by atoms with van der Waals surface area (Å²) in [5.41, 5.74) is 0. The number of carbonyl (C=O) groups is 2. The van der Waals surface area contributed by atoms with Gasteiger partial charge in [0.25, 0.3) is 6.47 Å². The molecule has 0 spiro atoms. The third kappa shape index (κ3) is 4.33. The molecule has 0 aromatic carbocycles. The molecule has 2 aliphatic rings. The standard InChI is InChI=1S/C15H26N2O4/c1-2-21-15(19)17-9-6-13(11-20-12-18)10-14(17)16-7-4-3-5-8-16/h12-14H,2-11H2,1H3. The Labute approximate surface area is 126 Å². The number of rotatable bonds is 5. The van der Waals surface area contributed by atoms with Crippen molar-refractivity contribution in [3.05, 3.63) is 0 Å². The minimum absolute atomic E-state index is 0.0818. The highest BCUT2D eigenvalue weighted by atomic mass is 16.6. The summed E-state index contributed by atoms with van der Waals surface area (Å²) in [6, 6.07) is 0. The van der Waals surface area contributed by atoms with Crippen molar-refractivity contribution >= 4 is 12.6 Å². The maximum atomic E-state index is 12.2. The maximum Gasteiger partial charge on any atom is 0.411 e. The topological polar surface area (TPSA) is 59.1 Å². The lowest BCUT2D eigenvalue weighted by molar-refractivity contribution is -0.131. The summed E-state index contributed by atoms with van der Waals surface area (Å²) in [6.07, 6.45) is 5.20. The lowest BCUT2D eigenvalue weighted by atomic mass is 9.93. The van der Waals surface area contributed by atoms with Gasteiger partial charge < -0.3 is 9.47 Å². The van der Waals surface area contributed by atoms with E-state index in [1.807, 2.05) is 11.8 Å². The molecular weight excluding hydrogens is 272 g/mol. The molecule has 0 aliphatic carbocycles. The molecule has 0 aromatic heterocycles. The molecule has 2 fully saturated rings. The van der Waals surface area contributed by atoms with Crippen molar-refractivity contribution in [3.63, 3.8) is 0 Å². The van der Waals surface area contributed by atoms with Gasteiger partial charge in [-0.3, -0.25) is 14.6 Å². The van der Waals surface area contributed by atoms with E-state index >= 15 is 0 Å².